The number of hydrogen-bond donors (Lipinski definition) is 1. The van der Waals surface area contributed by atoms with E-state index in [1.807, 2.05) is 25.1 Å². The van der Waals surface area contributed by atoms with Crippen LogP contribution in [0.5, 0.6) is 0 Å². The summed E-state index contributed by atoms with van der Waals surface area (Å²) in [6, 6.07) is 5.72. The molecule has 1 N–H and O–H groups in total. The van der Waals surface area contributed by atoms with E-state index in [4.69, 9.17) is 4.74 Å². The third-order valence-electron chi connectivity index (χ3n) is 2.85. The Hall–Kier alpha value is -0.870. The van der Waals surface area contributed by atoms with Crippen LogP contribution in [0, 0.1) is 6.92 Å². The van der Waals surface area contributed by atoms with Gasteiger partial charge >= 0.3 is 0 Å². The third-order valence-corrected chi connectivity index (χ3v) is 3.71. The zero-order chi connectivity index (χ0) is 13.5. The van der Waals surface area contributed by atoms with Crippen molar-refractivity contribution in [2.75, 3.05) is 13.7 Å². The van der Waals surface area contributed by atoms with E-state index in [0.717, 1.165) is 22.9 Å². The highest BCUT2D eigenvalue weighted by atomic mass is 79.9. The topological polar surface area (TPSA) is 38.3 Å². The van der Waals surface area contributed by atoms with Crippen molar-refractivity contribution < 1.29 is 9.53 Å². The molecular weight excluding hydrogens is 294 g/mol. The number of nitrogens with one attached hydrogen (secondary N) is 1. The van der Waals surface area contributed by atoms with Crippen molar-refractivity contribution in [2.24, 2.45) is 0 Å². The van der Waals surface area contributed by atoms with E-state index in [-0.39, 0.29) is 11.9 Å². The van der Waals surface area contributed by atoms with Crippen LogP contribution in [-0.4, -0.2) is 25.7 Å². The van der Waals surface area contributed by atoms with Crippen LogP contribution < -0.4 is 5.32 Å². The molecule has 0 aliphatic rings. The number of amides is 1. The molecule has 1 atom stereocenters. The minimum absolute atomic E-state index is 0.0377. The molecule has 4 heteroatoms. The van der Waals surface area contributed by atoms with Crippen molar-refractivity contribution >= 4 is 21.8 Å². The van der Waals surface area contributed by atoms with Crippen LogP contribution in [0.1, 0.15) is 35.7 Å². The SMILES string of the molecule is CCCC(COC)NC(=O)c1cccc(Br)c1C. The number of benzene rings is 1. The minimum Gasteiger partial charge on any atom is -0.383 e. The summed E-state index contributed by atoms with van der Waals surface area (Å²) >= 11 is 3.44. The first kappa shape index (κ1) is 15.2. The number of carbonyl (C=O) groups is 1. The zero-order valence-electron chi connectivity index (χ0n) is 11.1. The molecule has 1 amide bonds. The minimum atomic E-state index is -0.0377. The Balaban J connectivity index is 2.77. The third kappa shape index (κ3) is 4.10. The van der Waals surface area contributed by atoms with Gasteiger partial charge in [-0.1, -0.05) is 35.3 Å². The molecule has 0 radical (unpaired) electrons. The fourth-order valence-electron chi connectivity index (χ4n) is 1.86. The van der Waals surface area contributed by atoms with Gasteiger partial charge in [-0.25, -0.2) is 0 Å². The smallest absolute Gasteiger partial charge is 0.251 e. The summed E-state index contributed by atoms with van der Waals surface area (Å²) in [4.78, 5) is 12.2. The molecule has 1 aromatic rings. The molecule has 0 fully saturated rings. The van der Waals surface area contributed by atoms with Gasteiger partial charge in [0.1, 0.15) is 0 Å². The second-order valence-electron chi connectivity index (χ2n) is 4.33. The lowest BCUT2D eigenvalue weighted by atomic mass is 10.1. The predicted molar refractivity (Wildman–Crippen MR) is 76.9 cm³/mol. The lowest BCUT2D eigenvalue weighted by molar-refractivity contribution is 0.0891. The number of carbonyl (C=O) groups excluding carboxylic acids is 1. The Labute approximate surface area is 117 Å². The van der Waals surface area contributed by atoms with Crippen LogP contribution in [-0.2, 0) is 4.74 Å². The first-order chi connectivity index (χ1) is 8.60. The average Bonchev–Trinajstić information content (AvgIpc) is 2.33. The molecule has 0 heterocycles. The second kappa shape index (κ2) is 7.54. The summed E-state index contributed by atoms with van der Waals surface area (Å²) < 4.78 is 6.08. The van der Waals surface area contributed by atoms with E-state index < -0.39 is 0 Å². The Bertz CT molecular complexity index is 401. The van der Waals surface area contributed by atoms with Gasteiger partial charge in [-0.2, -0.15) is 0 Å². The summed E-state index contributed by atoms with van der Waals surface area (Å²) in [5.41, 5.74) is 1.67. The summed E-state index contributed by atoms with van der Waals surface area (Å²) in [5, 5.41) is 3.02. The second-order valence-corrected chi connectivity index (χ2v) is 5.18. The van der Waals surface area contributed by atoms with E-state index in [1.165, 1.54) is 0 Å². The zero-order valence-corrected chi connectivity index (χ0v) is 12.7. The molecule has 3 nitrogen and oxygen atoms in total. The van der Waals surface area contributed by atoms with Crippen molar-refractivity contribution in [3.05, 3.63) is 33.8 Å². The molecule has 1 aromatic carbocycles. The molecule has 0 aliphatic carbocycles. The van der Waals surface area contributed by atoms with Crippen LogP contribution in [0.4, 0.5) is 0 Å². The Morgan fingerprint density at radius 1 is 1.50 bits per heavy atom. The quantitative estimate of drug-likeness (QED) is 0.875. The van der Waals surface area contributed by atoms with Gasteiger partial charge in [0, 0.05) is 17.1 Å². The van der Waals surface area contributed by atoms with Crippen LogP contribution in [0.2, 0.25) is 0 Å². The first-order valence-electron chi connectivity index (χ1n) is 6.15. The van der Waals surface area contributed by atoms with Gasteiger partial charge in [-0.15, -0.1) is 0 Å². The number of methoxy groups -OCH3 is 1. The summed E-state index contributed by atoms with van der Waals surface area (Å²) in [6.45, 7) is 4.58. The Kier molecular flexibility index (Phi) is 6.36. The summed E-state index contributed by atoms with van der Waals surface area (Å²) in [5.74, 6) is -0.0377. The van der Waals surface area contributed by atoms with Crippen molar-refractivity contribution in [3.63, 3.8) is 0 Å². The predicted octanol–water partition coefficient (Wildman–Crippen LogP) is 3.30. The standard InChI is InChI=1S/C14H20BrNO2/c1-4-6-11(9-18-3)16-14(17)12-7-5-8-13(15)10(12)2/h5,7-8,11H,4,6,9H2,1-3H3,(H,16,17). The van der Waals surface area contributed by atoms with Crippen LogP contribution in [0.15, 0.2) is 22.7 Å². The van der Waals surface area contributed by atoms with E-state index in [2.05, 4.69) is 28.2 Å². The molecule has 1 rings (SSSR count). The highest BCUT2D eigenvalue weighted by Gasteiger charge is 2.15. The molecule has 0 aliphatic heterocycles. The van der Waals surface area contributed by atoms with Gasteiger partial charge in [0.05, 0.1) is 12.6 Å². The maximum absolute atomic E-state index is 12.2. The van der Waals surface area contributed by atoms with E-state index >= 15 is 0 Å². The van der Waals surface area contributed by atoms with Gasteiger partial charge in [-0.05, 0) is 31.0 Å². The monoisotopic (exact) mass is 313 g/mol. The molecule has 18 heavy (non-hydrogen) atoms. The maximum Gasteiger partial charge on any atom is 0.251 e. The van der Waals surface area contributed by atoms with Crippen molar-refractivity contribution in [3.8, 4) is 0 Å². The van der Waals surface area contributed by atoms with E-state index in [1.54, 1.807) is 7.11 Å². The number of ether oxygens (including phenoxy) is 1. The van der Waals surface area contributed by atoms with Gasteiger partial charge in [0.2, 0.25) is 0 Å². The van der Waals surface area contributed by atoms with Crippen LogP contribution >= 0.6 is 15.9 Å². The van der Waals surface area contributed by atoms with Crippen molar-refractivity contribution in [2.45, 2.75) is 32.7 Å². The lowest BCUT2D eigenvalue weighted by Crippen LogP contribution is -2.38. The van der Waals surface area contributed by atoms with E-state index in [0.29, 0.717) is 12.2 Å². The first-order valence-corrected chi connectivity index (χ1v) is 6.94. The molecule has 0 saturated carbocycles. The fourth-order valence-corrected chi connectivity index (χ4v) is 2.23. The molecule has 1 unspecified atom stereocenters. The summed E-state index contributed by atoms with van der Waals surface area (Å²) in [7, 11) is 1.65. The lowest BCUT2D eigenvalue weighted by Gasteiger charge is -2.18. The number of halogens is 1. The largest absolute Gasteiger partial charge is 0.383 e. The highest BCUT2D eigenvalue weighted by molar-refractivity contribution is 9.10. The molecule has 0 bridgehead atoms. The normalized spacial score (nSPS) is 12.2. The molecule has 0 spiro atoms. The molecule has 0 aromatic heterocycles. The molecular formula is C14H20BrNO2. The average molecular weight is 314 g/mol. The van der Waals surface area contributed by atoms with Gasteiger partial charge in [0.25, 0.3) is 5.91 Å². The highest BCUT2D eigenvalue weighted by Crippen LogP contribution is 2.19. The van der Waals surface area contributed by atoms with Gasteiger partial charge in [0.15, 0.2) is 0 Å². The number of rotatable bonds is 6. The van der Waals surface area contributed by atoms with Gasteiger partial charge in [-0.3, -0.25) is 4.79 Å². The number of hydrogen-bond acceptors (Lipinski definition) is 2. The van der Waals surface area contributed by atoms with Crippen LogP contribution in [0.3, 0.4) is 0 Å². The van der Waals surface area contributed by atoms with Crippen molar-refractivity contribution in [1.82, 2.24) is 5.32 Å². The van der Waals surface area contributed by atoms with Crippen LogP contribution in [0.25, 0.3) is 0 Å². The van der Waals surface area contributed by atoms with E-state index in [9.17, 15) is 4.79 Å². The molecule has 0 saturated heterocycles. The Morgan fingerprint density at radius 2 is 2.22 bits per heavy atom. The maximum atomic E-state index is 12.2. The summed E-state index contributed by atoms with van der Waals surface area (Å²) in [6.07, 6.45) is 1.94. The van der Waals surface area contributed by atoms with Gasteiger partial charge < -0.3 is 10.1 Å². The molecule has 100 valence electrons. The Morgan fingerprint density at radius 3 is 2.83 bits per heavy atom. The fraction of sp³-hybridized carbons (Fsp3) is 0.500. The van der Waals surface area contributed by atoms with Crippen molar-refractivity contribution in [1.29, 1.82) is 0 Å².